The topological polar surface area (TPSA) is 32.3 Å². The number of unbranched alkanes of at least 4 members (excludes halogenated alkanes) is 10. The molecule has 0 fully saturated rings. The minimum absolute atomic E-state index is 0.276. The van der Waals surface area contributed by atoms with Gasteiger partial charge in [-0.15, -0.1) is 0 Å². The molecule has 0 amide bonds. The molecule has 0 aliphatic rings. The maximum absolute atomic E-state index is 9.78. The van der Waals surface area contributed by atoms with Gasteiger partial charge < -0.3 is 5.11 Å². The average Bonchev–Trinajstić information content (AvgIpc) is 2.41. The molecule has 0 saturated carbocycles. The van der Waals surface area contributed by atoms with Crippen molar-refractivity contribution in [3.8, 4) is 0 Å². The van der Waals surface area contributed by atoms with Gasteiger partial charge in [0.15, 0.2) is 0 Å². The highest BCUT2D eigenvalue weighted by molar-refractivity contribution is 4.55. The maximum atomic E-state index is 9.78. The molecule has 0 aliphatic heterocycles. The van der Waals surface area contributed by atoms with Gasteiger partial charge in [-0.3, -0.25) is 5.32 Å². The molecule has 0 saturated heterocycles. The molecule has 1 unspecified atom stereocenters. The molecule has 0 aromatic carbocycles. The molecule has 0 spiro atoms. The zero-order valence-corrected chi connectivity index (χ0v) is 13.4. The molecule has 2 N–H and O–H groups in total. The van der Waals surface area contributed by atoms with Gasteiger partial charge in [-0.25, -0.2) is 0 Å². The Morgan fingerprint density at radius 3 is 1.74 bits per heavy atom. The summed E-state index contributed by atoms with van der Waals surface area (Å²) in [4.78, 5) is 0. The van der Waals surface area contributed by atoms with Gasteiger partial charge in [0.25, 0.3) is 0 Å². The SMILES string of the molecule is CCCCCCCCCC(O)NCCCCCCC. The number of aliphatic hydroxyl groups is 1. The highest BCUT2D eigenvalue weighted by Crippen LogP contribution is 2.09. The summed E-state index contributed by atoms with van der Waals surface area (Å²) in [5.41, 5.74) is 0. The lowest BCUT2D eigenvalue weighted by atomic mass is 10.1. The summed E-state index contributed by atoms with van der Waals surface area (Å²) in [6, 6.07) is 0. The third-order valence-electron chi connectivity index (χ3n) is 3.74. The fraction of sp³-hybridized carbons (Fsp3) is 1.00. The predicted octanol–water partition coefficient (Wildman–Crippen LogP) is 5.01. The second-order valence-electron chi connectivity index (χ2n) is 5.79. The van der Waals surface area contributed by atoms with Crippen molar-refractivity contribution in [1.29, 1.82) is 0 Å². The summed E-state index contributed by atoms with van der Waals surface area (Å²) in [7, 11) is 0. The Labute approximate surface area is 121 Å². The Hall–Kier alpha value is -0.0800. The van der Waals surface area contributed by atoms with Gasteiger partial charge in [-0.05, 0) is 25.8 Å². The van der Waals surface area contributed by atoms with Crippen molar-refractivity contribution in [2.24, 2.45) is 0 Å². The number of aliphatic hydroxyl groups excluding tert-OH is 1. The van der Waals surface area contributed by atoms with E-state index < -0.39 is 0 Å². The summed E-state index contributed by atoms with van der Waals surface area (Å²) < 4.78 is 0. The minimum atomic E-state index is -0.276. The summed E-state index contributed by atoms with van der Waals surface area (Å²) in [6.07, 6.45) is 16.4. The van der Waals surface area contributed by atoms with Crippen molar-refractivity contribution in [2.45, 2.75) is 104 Å². The first-order chi connectivity index (χ1) is 9.31. The van der Waals surface area contributed by atoms with Crippen LogP contribution in [0.15, 0.2) is 0 Å². The Balaban J connectivity index is 3.10. The second-order valence-corrected chi connectivity index (χ2v) is 5.79. The van der Waals surface area contributed by atoms with Crippen LogP contribution >= 0.6 is 0 Å². The van der Waals surface area contributed by atoms with Gasteiger partial charge in [0.1, 0.15) is 6.23 Å². The molecule has 0 rings (SSSR count). The number of rotatable bonds is 15. The summed E-state index contributed by atoms with van der Waals surface area (Å²) >= 11 is 0. The average molecular weight is 271 g/mol. The second kappa shape index (κ2) is 16.0. The zero-order chi connectivity index (χ0) is 14.2. The van der Waals surface area contributed by atoms with Crippen LogP contribution in [0.1, 0.15) is 97.3 Å². The molecule has 116 valence electrons. The molecule has 19 heavy (non-hydrogen) atoms. The van der Waals surface area contributed by atoms with E-state index in [1.165, 1.54) is 70.6 Å². The van der Waals surface area contributed by atoms with Gasteiger partial charge in [-0.2, -0.15) is 0 Å². The van der Waals surface area contributed by atoms with Crippen LogP contribution in [0, 0.1) is 0 Å². The molecule has 0 bridgehead atoms. The Bertz CT molecular complexity index is 161. The third-order valence-corrected chi connectivity index (χ3v) is 3.74. The lowest BCUT2D eigenvalue weighted by Gasteiger charge is -2.12. The molecular weight excluding hydrogens is 234 g/mol. The van der Waals surface area contributed by atoms with Crippen molar-refractivity contribution in [3.63, 3.8) is 0 Å². The third kappa shape index (κ3) is 15.9. The van der Waals surface area contributed by atoms with Crippen LogP contribution in [0.5, 0.6) is 0 Å². The van der Waals surface area contributed by atoms with Crippen molar-refractivity contribution in [2.75, 3.05) is 6.54 Å². The van der Waals surface area contributed by atoms with E-state index >= 15 is 0 Å². The predicted molar refractivity (Wildman–Crippen MR) is 85.4 cm³/mol. The molecule has 2 nitrogen and oxygen atoms in total. The zero-order valence-electron chi connectivity index (χ0n) is 13.4. The van der Waals surface area contributed by atoms with E-state index in [9.17, 15) is 5.11 Å². The molecule has 1 atom stereocenters. The van der Waals surface area contributed by atoms with E-state index in [-0.39, 0.29) is 6.23 Å². The van der Waals surface area contributed by atoms with Crippen LogP contribution in [-0.4, -0.2) is 17.9 Å². The number of hydrogen-bond donors (Lipinski definition) is 2. The molecule has 2 heteroatoms. The summed E-state index contributed by atoms with van der Waals surface area (Å²) in [5.74, 6) is 0. The minimum Gasteiger partial charge on any atom is -0.379 e. The lowest BCUT2D eigenvalue weighted by Crippen LogP contribution is -2.29. The number of nitrogens with one attached hydrogen (secondary N) is 1. The van der Waals surface area contributed by atoms with E-state index in [1.54, 1.807) is 0 Å². The van der Waals surface area contributed by atoms with E-state index in [1.807, 2.05) is 0 Å². The lowest BCUT2D eigenvalue weighted by molar-refractivity contribution is 0.124. The first kappa shape index (κ1) is 18.9. The highest BCUT2D eigenvalue weighted by Gasteiger charge is 2.02. The van der Waals surface area contributed by atoms with Crippen LogP contribution in [0.25, 0.3) is 0 Å². The molecular formula is C17H37NO. The van der Waals surface area contributed by atoms with Crippen molar-refractivity contribution < 1.29 is 5.11 Å². The van der Waals surface area contributed by atoms with Crippen LogP contribution < -0.4 is 5.32 Å². The first-order valence-corrected chi connectivity index (χ1v) is 8.72. The molecule has 0 radical (unpaired) electrons. The van der Waals surface area contributed by atoms with E-state index in [0.717, 1.165) is 19.4 Å². The van der Waals surface area contributed by atoms with Crippen LogP contribution in [0.3, 0.4) is 0 Å². The van der Waals surface area contributed by atoms with E-state index in [4.69, 9.17) is 0 Å². The van der Waals surface area contributed by atoms with Crippen molar-refractivity contribution in [3.05, 3.63) is 0 Å². The molecule has 0 aliphatic carbocycles. The molecule has 0 aromatic heterocycles. The quantitative estimate of drug-likeness (QED) is 0.324. The molecule has 0 heterocycles. The van der Waals surface area contributed by atoms with Gasteiger partial charge in [0, 0.05) is 0 Å². The van der Waals surface area contributed by atoms with Gasteiger partial charge >= 0.3 is 0 Å². The van der Waals surface area contributed by atoms with Gasteiger partial charge in [0.05, 0.1) is 0 Å². The van der Waals surface area contributed by atoms with Crippen molar-refractivity contribution in [1.82, 2.24) is 5.32 Å². The first-order valence-electron chi connectivity index (χ1n) is 8.72. The fourth-order valence-electron chi connectivity index (χ4n) is 2.39. The summed E-state index contributed by atoms with van der Waals surface area (Å²) in [6.45, 7) is 5.47. The monoisotopic (exact) mass is 271 g/mol. The van der Waals surface area contributed by atoms with E-state index in [0.29, 0.717) is 0 Å². The normalized spacial score (nSPS) is 12.8. The number of hydrogen-bond acceptors (Lipinski definition) is 2. The standard InChI is InChI=1S/C17H37NO/c1-3-5-7-9-10-11-13-15-17(19)18-16-14-12-8-6-4-2/h17-19H,3-16H2,1-2H3. The molecule has 0 aromatic rings. The van der Waals surface area contributed by atoms with Crippen LogP contribution in [-0.2, 0) is 0 Å². The van der Waals surface area contributed by atoms with Crippen LogP contribution in [0.4, 0.5) is 0 Å². The van der Waals surface area contributed by atoms with Gasteiger partial charge in [-0.1, -0.05) is 78.1 Å². The Kier molecular flexibility index (Phi) is 15.9. The fourth-order valence-corrected chi connectivity index (χ4v) is 2.39. The van der Waals surface area contributed by atoms with E-state index in [2.05, 4.69) is 19.2 Å². The van der Waals surface area contributed by atoms with Crippen LogP contribution in [0.2, 0.25) is 0 Å². The Morgan fingerprint density at radius 1 is 0.684 bits per heavy atom. The largest absolute Gasteiger partial charge is 0.379 e. The van der Waals surface area contributed by atoms with Crippen molar-refractivity contribution >= 4 is 0 Å². The highest BCUT2D eigenvalue weighted by atomic mass is 16.3. The van der Waals surface area contributed by atoms with Gasteiger partial charge in [0.2, 0.25) is 0 Å². The Morgan fingerprint density at radius 2 is 1.16 bits per heavy atom. The maximum Gasteiger partial charge on any atom is 0.104 e. The summed E-state index contributed by atoms with van der Waals surface area (Å²) in [5, 5.41) is 13.0. The smallest absolute Gasteiger partial charge is 0.104 e.